The number of nitrogens with zero attached hydrogens (tertiary/aromatic N) is 1. The van der Waals surface area contributed by atoms with Gasteiger partial charge in [0.1, 0.15) is 10.6 Å². The first-order valence-electron chi connectivity index (χ1n) is 6.24. The van der Waals surface area contributed by atoms with Crippen molar-refractivity contribution in [3.05, 3.63) is 15.6 Å². The first-order valence-corrected chi connectivity index (χ1v) is 7.06. The second-order valence-corrected chi connectivity index (χ2v) is 7.19. The highest BCUT2D eigenvalue weighted by molar-refractivity contribution is 7.11. The predicted octanol–water partition coefficient (Wildman–Crippen LogP) is 3.93. The molecule has 0 aliphatic heterocycles. The molecule has 0 saturated carbocycles. The third-order valence-electron chi connectivity index (χ3n) is 2.77. The van der Waals surface area contributed by atoms with E-state index in [1.807, 2.05) is 20.8 Å². The molecule has 0 bridgehead atoms. The Morgan fingerprint density at radius 3 is 2.10 bits per heavy atom. The van der Waals surface area contributed by atoms with E-state index in [1.54, 1.807) is 13.8 Å². The maximum atomic E-state index is 13.0. The summed E-state index contributed by atoms with van der Waals surface area (Å²) in [5, 5.41) is 3.39. The molecule has 0 unspecified atom stereocenters. The van der Waals surface area contributed by atoms with Gasteiger partial charge in [0.05, 0.1) is 4.88 Å². The highest BCUT2D eigenvalue weighted by atomic mass is 32.1. The van der Waals surface area contributed by atoms with Crippen molar-refractivity contribution < 1.29 is 17.9 Å². The summed E-state index contributed by atoms with van der Waals surface area (Å²) in [5.74, 6) is 0. The van der Waals surface area contributed by atoms with Gasteiger partial charge in [0, 0.05) is 19.2 Å². The first kappa shape index (κ1) is 17.4. The molecule has 3 nitrogen and oxygen atoms in total. The summed E-state index contributed by atoms with van der Waals surface area (Å²) in [7, 11) is 1.46. The minimum absolute atomic E-state index is 0.135. The molecule has 20 heavy (non-hydrogen) atoms. The van der Waals surface area contributed by atoms with E-state index in [-0.39, 0.29) is 17.0 Å². The molecule has 1 N–H and O–H groups in total. The van der Waals surface area contributed by atoms with Crippen molar-refractivity contribution in [2.24, 2.45) is 0 Å². The lowest BCUT2D eigenvalue weighted by Crippen LogP contribution is -2.35. The van der Waals surface area contributed by atoms with Gasteiger partial charge in [-0.05, 0) is 34.6 Å². The van der Waals surface area contributed by atoms with E-state index in [0.29, 0.717) is 5.01 Å². The summed E-state index contributed by atoms with van der Waals surface area (Å²) in [5.41, 5.74) is -1.91. The second-order valence-electron chi connectivity index (χ2n) is 6.11. The van der Waals surface area contributed by atoms with Gasteiger partial charge in [-0.3, -0.25) is 0 Å². The molecule has 0 atom stereocenters. The lowest BCUT2D eigenvalue weighted by atomic mass is 10.1. The number of ether oxygens (including phenoxy) is 1. The number of aromatic nitrogens is 1. The Morgan fingerprint density at radius 2 is 1.70 bits per heavy atom. The Labute approximate surface area is 121 Å². The molecule has 0 spiro atoms. The van der Waals surface area contributed by atoms with Crippen LogP contribution in [0.2, 0.25) is 0 Å². The van der Waals surface area contributed by atoms with Crippen LogP contribution in [0, 0.1) is 0 Å². The predicted molar refractivity (Wildman–Crippen MR) is 73.7 cm³/mol. The Balaban J connectivity index is 3.15. The van der Waals surface area contributed by atoms with Crippen LogP contribution in [0.25, 0.3) is 0 Å². The molecule has 0 aliphatic rings. The van der Waals surface area contributed by atoms with Crippen molar-refractivity contribution >= 4 is 11.3 Å². The van der Waals surface area contributed by atoms with Crippen molar-refractivity contribution in [1.82, 2.24) is 10.3 Å². The zero-order valence-electron chi connectivity index (χ0n) is 12.6. The number of nitrogens with one attached hydrogen (secondary N) is 1. The Hall–Kier alpha value is -0.660. The molecular weight excluding hydrogens is 289 g/mol. The number of halogens is 3. The number of methoxy groups -OCH3 is 1. The summed E-state index contributed by atoms with van der Waals surface area (Å²) >= 11 is 1.04. The smallest absolute Gasteiger partial charge is 0.372 e. The number of hydrogen-bond acceptors (Lipinski definition) is 4. The maximum absolute atomic E-state index is 13.0. The third kappa shape index (κ3) is 4.43. The van der Waals surface area contributed by atoms with Gasteiger partial charge in [-0.2, -0.15) is 13.2 Å². The fourth-order valence-corrected chi connectivity index (χ4v) is 2.49. The summed E-state index contributed by atoms with van der Waals surface area (Å²) in [4.78, 5) is 3.94. The van der Waals surface area contributed by atoms with Crippen molar-refractivity contribution in [3.8, 4) is 0 Å². The average Bonchev–Trinajstić information content (AvgIpc) is 2.69. The fraction of sp³-hybridized carbons (Fsp3) is 0.769. The van der Waals surface area contributed by atoms with Crippen molar-refractivity contribution in [1.29, 1.82) is 0 Å². The average molecular weight is 310 g/mol. The van der Waals surface area contributed by atoms with Crippen molar-refractivity contribution in [3.63, 3.8) is 0 Å². The van der Waals surface area contributed by atoms with E-state index in [9.17, 15) is 13.2 Å². The summed E-state index contributed by atoms with van der Waals surface area (Å²) < 4.78 is 44.4. The van der Waals surface area contributed by atoms with Gasteiger partial charge in [-0.1, -0.05) is 0 Å². The lowest BCUT2D eigenvalue weighted by molar-refractivity contribution is -0.141. The molecule has 0 radical (unpaired) electrons. The molecule has 1 rings (SSSR count). The van der Waals surface area contributed by atoms with Crippen LogP contribution in [0.1, 0.15) is 50.2 Å². The zero-order chi connectivity index (χ0) is 15.8. The SMILES string of the molecule is COC(C)(C)c1nc(C(F)(F)F)c(CNC(C)(C)C)s1. The Kier molecular flexibility index (Phi) is 4.88. The van der Waals surface area contributed by atoms with Crippen LogP contribution in [-0.4, -0.2) is 17.6 Å². The van der Waals surface area contributed by atoms with E-state index in [1.165, 1.54) is 7.11 Å². The molecule has 0 amide bonds. The molecule has 1 heterocycles. The summed E-state index contributed by atoms with van der Waals surface area (Å²) in [6, 6.07) is 0. The topological polar surface area (TPSA) is 34.1 Å². The van der Waals surface area contributed by atoms with Crippen LogP contribution in [0.3, 0.4) is 0 Å². The molecule has 0 saturated heterocycles. The molecule has 0 aromatic carbocycles. The van der Waals surface area contributed by atoms with Crippen molar-refractivity contribution in [2.75, 3.05) is 7.11 Å². The van der Waals surface area contributed by atoms with Crippen LogP contribution >= 0.6 is 11.3 Å². The van der Waals surface area contributed by atoms with Gasteiger partial charge in [-0.25, -0.2) is 4.98 Å². The lowest BCUT2D eigenvalue weighted by Gasteiger charge is -2.20. The third-order valence-corrected chi connectivity index (χ3v) is 4.13. The van der Waals surface area contributed by atoms with E-state index in [2.05, 4.69) is 10.3 Å². The molecule has 7 heteroatoms. The van der Waals surface area contributed by atoms with Crippen LogP contribution in [-0.2, 0) is 23.1 Å². The summed E-state index contributed by atoms with van der Waals surface area (Å²) in [6.07, 6.45) is -4.45. The quantitative estimate of drug-likeness (QED) is 0.915. The highest BCUT2D eigenvalue weighted by Crippen LogP contribution is 2.38. The summed E-state index contributed by atoms with van der Waals surface area (Å²) in [6.45, 7) is 9.25. The van der Waals surface area contributed by atoms with Crippen molar-refractivity contribution in [2.45, 2.75) is 58.5 Å². The standard InChI is InChI=1S/C13H21F3N2OS/c1-11(2,3)17-7-8-9(13(14,15)16)18-10(20-8)12(4,5)19-6/h17H,7H2,1-6H3. The van der Waals surface area contributed by atoms with E-state index in [0.717, 1.165) is 11.3 Å². The number of rotatable bonds is 4. The van der Waals surface area contributed by atoms with Gasteiger partial charge in [0.15, 0.2) is 5.69 Å². The van der Waals surface area contributed by atoms with Crippen LogP contribution in [0.4, 0.5) is 13.2 Å². The maximum Gasteiger partial charge on any atom is 0.434 e. The molecule has 0 fully saturated rings. The minimum Gasteiger partial charge on any atom is -0.372 e. The normalized spacial score (nSPS) is 13.8. The van der Waals surface area contributed by atoms with E-state index < -0.39 is 17.5 Å². The van der Waals surface area contributed by atoms with Crippen LogP contribution in [0.5, 0.6) is 0 Å². The monoisotopic (exact) mass is 310 g/mol. The molecule has 1 aromatic heterocycles. The number of hydrogen-bond donors (Lipinski definition) is 1. The van der Waals surface area contributed by atoms with Crippen LogP contribution in [0.15, 0.2) is 0 Å². The number of alkyl halides is 3. The fourth-order valence-electron chi connectivity index (χ4n) is 1.38. The minimum atomic E-state index is -4.45. The molecule has 0 aliphatic carbocycles. The van der Waals surface area contributed by atoms with Crippen LogP contribution < -0.4 is 5.32 Å². The highest BCUT2D eigenvalue weighted by Gasteiger charge is 2.39. The van der Waals surface area contributed by atoms with Gasteiger partial charge in [0.2, 0.25) is 0 Å². The number of thiazole rings is 1. The van der Waals surface area contributed by atoms with Gasteiger partial charge >= 0.3 is 6.18 Å². The second kappa shape index (κ2) is 5.61. The van der Waals surface area contributed by atoms with Gasteiger partial charge in [-0.15, -0.1) is 11.3 Å². The molecule has 1 aromatic rings. The zero-order valence-corrected chi connectivity index (χ0v) is 13.4. The Morgan fingerprint density at radius 1 is 1.15 bits per heavy atom. The van der Waals surface area contributed by atoms with E-state index >= 15 is 0 Å². The molecule has 116 valence electrons. The largest absolute Gasteiger partial charge is 0.434 e. The Bertz CT molecular complexity index is 461. The first-order chi connectivity index (χ1) is 8.87. The van der Waals surface area contributed by atoms with Gasteiger partial charge < -0.3 is 10.1 Å². The molecular formula is C13H21F3N2OS. The van der Waals surface area contributed by atoms with Gasteiger partial charge in [0.25, 0.3) is 0 Å². The van der Waals surface area contributed by atoms with E-state index in [4.69, 9.17) is 4.74 Å².